The molecule has 5 heteroatoms. The van der Waals surface area contributed by atoms with Crippen molar-refractivity contribution in [2.75, 3.05) is 39.9 Å². The number of nitrogens with one attached hydrogen (secondary N) is 1. The summed E-state index contributed by atoms with van der Waals surface area (Å²) in [5.74, 6) is -0.720. The molecule has 1 aliphatic heterocycles. The van der Waals surface area contributed by atoms with Gasteiger partial charge in [0.1, 0.15) is 5.54 Å². The van der Waals surface area contributed by atoms with Crippen LogP contribution >= 0.6 is 0 Å². The van der Waals surface area contributed by atoms with Gasteiger partial charge in [-0.15, -0.1) is 0 Å². The van der Waals surface area contributed by atoms with Crippen molar-refractivity contribution in [2.45, 2.75) is 31.7 Å². The zero-order valence-corrected chi connectivity index (χ0v) is 10.9. The van der Waals surface area contributed by atoms with Crippen molar-refractivity contribution in [1.82, 2.24) is 10.2 Å². The standard InChI is InChI=1S/C12H24N2O3/c1-3-17-10-4-7-13-12(11(15)16)5-8-14(2)9-6-12/h13H,3-10H2,1-2H3,(H,15,16). The smallest absolute Gasteiger partial charge is 0.323 e. The third-order valence-corrected chi connectivity index (χ3v) is 3.38. The first kappa shape index (κ1) is 14.4. The molecule has 0 aromatic rings. The Kier molecular flexibility index (Phi) is 5.88. The minimum Gasteiger partial charge on any atom is -0.480 e. The van der Waals surface area contributed by atoms with Crippen LogP contribution in [0.2, 0.25) is 0 Å². The molecular weight excluding hydrogens is 220 g/mol. The highest BCUT2D eigenvalue weighted by molar-refractivity contribution is 5.79. The van der Waals surface area contributed by atoms with Crippen LogP contribution in [0.15, 0.2) is 0 Å². The molecule has 0 aromatic carbocycles. The minimum atomic E-state index is -0.723. The monoisotopic (exact) mass is 244 g/mol. The Labute approximate surface area is 103 Å². The van der Waals surface area contributed by atoms with Crippen LogP contribution in [0.4, 0.5) is 0 Å². The Morgan fingerprint density at radius 3 is 2.65 bits per heavy atom. The molecule has 0 aliphatic carbocycles. The molecule has 1 rings (SSSR count). The Morgan fingerprint density at radius 2 is 2.12 bits per heavy atom. The van der Waals surface area contributed by atoms with Gasteiger partial charge in [0.15, 0.2) is 0 Å². The van der Waals surface area contributed by atoms with E-state index in [1.165, 1.54) is 0 Å². The van der Waals surface area contributed by atoms with E-state index >= 15 is 0 Å². The van der Waals surface area contributed by atoms with Crippen molar-refractivity contribution >= 4 is 5.97 Å². The Hall–Kier alpha value is -0.650. The predicted octanol–water partition coefficient (Wildman–Crippen LogP) is 0.552. The number of hydrogen-bond donors (Lipinski definition) is 2. The van der Waals surface area contributed by atoms with E-state index in [1.807, 2.05) is 14.0 Å². The molecule has 0 aromatic heterocycles. The average Bonchev–Trinajstić information content (AvgIpc) is 2.31. The van der Waals surface area contributed by atoms with E-state index in [9.17, 15) is 9.90 Å². The first-order valence-electron chi connectivity index (χ1n) is 6.35. The summed E-state index contributed by atoms with van der Waals surface area (Å²) in [5.41, 5.74) is -0.723. The van der Waals surface area contributed by atoms with E-state index in [0.717, 1.165) is 26.1 Å². The molecule has 0 saturated carbocycles. The average molecular weight is 244 g/mol. The zero-order valence-electron chi connectivity index (χ0n) is 10.9. The van der Waals surface area contributed by atoms with Crippen LogP contribution in [-0.4, -0.2) is 61.4 Å². The molecule has 1 fully saturated rings. The van der Waals surface area contributed by atoms with Gasteiger partial charge in [0.05, 0.1) is 0 Å². The van der Waals surface area contributed by atoms with Gasteiger partial charge in [-0.2, -0.15) is 0 Å². The van der Waals surface area contributed by atoms with Gasteiger partial charge < -0.3 is 20.1 Å². The number of nitrogens with zero attached hydrogens (tertiary/aromatic N) is 1. The molecule has 0 radical (unpaired) electrons. The van der Waals surface area contributed by atoms with Crippen LogP contribution in [0.3, 0.4) is 0 Å². The molecular formula is C12H24N2O3. The maximum atomic E-state index is 11.4. The number of carboxylic acids is 1. The van der Waals surface area contributed by atoms with Crippen LogP contribution in [0, 0.1) is 0 Å². The topological polar surface area (TPSA) is 61.8 Å². The molecule has 5 nitrogen and oxygen atoms in total. The maximum absolute atomic E-state index is 11.4. The van der Waals surface area contributed by atoms with E-state index in [4.69, 9.17) is 4.74 Å². The van der Waals surface area contributed by atoms with Gasteiger partial charge in [-0.3, -0.25) is 4.79 Å². The molecule has 2 N–H and O–H groups in total. The molecule has 1 saturated heterocycles. The second kappa shape index (κ2) is 6.93. The van der Waals surface area contributed by atoms with E-state index in [0.29, 0.717) is 26.0 Å². The molecule has 0 amide bonds. The lowest BCUT2D eigenvalue weighted by Gasteiger charge is -2.38. The number of hydrogen-bond acceptors (Lipinski definition) is 4. The maximum Gasteiger partial charge on any atom is 0.323 e. The Balaban J connectivity index is 2.35. The molecule has 1 aliphatic rings. The van der Waals surface area contributed by atoms with Gasteiger partial charge in [-0.1, -0.05) is 0 Å². The highest BCUT2D eigenvalue weighted by Crippen LogP contribution is 2.21. The van der Waals surface area contributed by atoms with Crippen LogP contribution in [0.5, 0.6) is 0 Å². The van der Waals surface area contributed by atoms with E-state index in [1.54, 1.807) is 0 Å². The van der Waals surface area contributed by atoms with Gasteiger partial charge in [0.25, 0.3) is 0 Å². The van der Waals surface area contributed by atoms with E-state index < -0.39 is 11.5 Å². The summed E-state index contributed by atoms with van der Waals surface area (Å²) < 4.78 is 5.24. The van der Waals surface area contributed by atoms with Crippen molar-refractivity contribution in [3.63, 3.8) is 0 Å². The second-order valence-electron chi connectivity index (χ2n) is 4.67. The van der Waals surface area contributed by atoms with Crippen molar-refractivity contribution in [3.05, 3.63) is 0 Å². The second-order valence-corrected chi connectivity index (χ2v) is 4.67. The number of ether oxygens (including phenoxy) is 1. The summed E-state index contributed by atoms with van der Waals surface area (Å²) in [6.07, 6.45) is 2.21. The lowest BCUT2D eigenvalue weighted by Crippen LogP contribution is -2.58. The third-order valence-electron chi connectivity index (χ3n) is 3.38. The first-order chi connectivity index (χ1) is 8.10. The Bertz CT molecular complexity index is 238. The fraction of sp³-hybridized carbons (Fsp3) is 0.917. The highest BCUT2D eigenvalue weighted by atomic mass is 16.5. The molecule has 0 atom stereocenters. The molecule has 0 bridgehead atoms. The number of aliphatic carboxylic acids is 1. The van der Waals surface area contributed by atoms with Gasteiger partial charge in [0, 0.05) is 26.3 Å². The number of carboxylic acid groups (broad SMARTS) is 1. The fourth-order valence-electron chi connectivity index (χ4n) is 2.11. The predicted molar refractivity (Wildman–Crippen MR) is 66.2 cm³/mol. The van der Waals surface area contributed by atoms with Gasteiger partial charge in [-0.05, 0) is 39.8 Å². The van der Waals surface area contributed by atoms with Gasteiger partial charge in [0.2, 0.25) is 0 Å². The van der Waals surface area contributed by atoms with Crippen LogP contribution < -0.4 is 5.32 Å². The number of piperidine rings is 1. The number of rotatable bonds is 7. The van der Waals surface area contributed by atoms with Crippen LogP contribution in [-0.2, 0) is 9.53 Å². The van der Waals surface area contributed by atoms with E-state index in [-0.39, 0.29) is 0 Å². The highest BCUT2D eigenvalue weighted by Gasteiger charge is 2.40. The zero-order chi connectivity index (χ0) is 12.7. The fourth-order valence-corrected chi connectivity index (χ4v) is 2.11. The van der Waals surface area contributed by atoms with Crippen LogP contribution in [0.25, 0.3) is 0 Å². The summed E-state index contributed by atoms with van der Waals surface area (Å²) >= 11 is 0. The van der Waals surface area contributed by atoms with Crippen molar-refractivity contribution in [3.8, 4) is 0 Å². The summed E-state index contributed by atoms with van der Waals surface area (Å²) in [6, 6.07) is 0. The third kappa shape index (κ3) is 4.26. The Morgan fingerprint density at radius 1 is 1.47 bits per heavy atom. The SMILES string of the molecule is CCOCCCNC1(C(=O)O)CCN(C)CC1. The number of carbonyl (C=O) groups is 1. The quantitative estimate of drug-likeness (QED) is 0.640. The molecule has 0 spiro atoms. The molecule has 100 valence electrons. The van der Waals surface area contributed by atoms with Crippen molar-refractivity contribution < 1.29 is 14.6 Å². The molecule has 0 unspecified atom stereocenters. The normalized spacial score (nSPS) is 20.4. The number of likely N-dealkylation sites (tertiary alicyclic amines) is 1. The van der Waals surface area contributed by atoms with Crippen molar-refractivity contribution in [1.29, 1.82) is 0 Å². The summed E-state index contributed by atoms with van der Waals surface area (Å²) in [7, 11) is 2.03. The van der Waals surface area contributed by atoms with Gasteiger partial charge >= 0.3 is 5.97 Å². The van der Waals surface area contributed by atoms with E-state index in [2.05, 4.69) is 10.2 Å². The lowest BCUT2D eigenvalue weighted by molar-refractivity contribution is -0.147. The van der Waals surface area contributed by atoms with Gasteiger partial charge in [-0.25, -0.2) is 0 Å². The first-order valence-corrected chi connectivity index (χ1v) is 6.35. The summed E-state index contributed by atoms with van der Waals surface area (Å²) in [5, 5.41) is 12.6. The summed E-state index contributed by atoms with van der Waals surface area (Å²) in [6.45, 7) is 5.75. The van der Waals surface area contributed by atoms with Crippen LogP contribution in [0.1, 0.15) is 26.2 Å². The van der Waals surface area contributed by atoms with Crippen molar-refractivity contribution in [2.24, 2.45) is 0 Å². The minimum absolute atomic E-state index is 0.674. The largest absolute Gasteiger partial charge is 0.480 e. The summed E-state index contributed by atoms with van der Waals surface area (Å²) in [4.78, 5) is 13.6. The lowest BCUT2D eigenvalue weighted by atomic mass is 9.87. The molecule has 1 heterocycles. The molecule has 17 heavy (non-hydrogen) atoms.